The van der Waals surface area contributed by atoms with Crippen molar-refractivity contribution in [3.63, 3.8) is 0 Å². The molecule has 76 heavy (non-hydrogen) atoms. The van der Waals surface area contributed by atoms with Crippen LogP contribution in [0.5, 0.6) is 0 Å². The van der Waals surface area contributed by atoms with Gasteiger partial charge >= 0.3 is 17.9 Å². The molecule has 4 rings (SSSR count). The lowest BCUT2D eigenvalue weighted by Gasteiger charge is -2.45. The lowest BCUT2D eigenvalue weighted by molar-refractivity contribution is -0.305. The Labute approximate surface area is 453 Å². The first-order chi connectivity index (χ1) is 35.4. The van der Waals surface area contributed by atoms with E-state index >= 15 is 9.59 Å². The van der Waals surface area contributed by atoms with Crippen LogP contribution in [0.15, 0.2) is 5.16 Å². The van der Waals surface area contributed by atoms with Crippen LogP contribution in [0, 0.1) is 46.8 Å². The van der Waals surface area contributed by atoms with Crippen molar-refractivity contribution < 1.29 is 86.3 Å². The molecular weight excluding hydrogens is 989 g/mol. The minimum Gasteiger partial charge on any atom is -0.461 e. The fourth-order valence-corrected chi connectivity index (χ4v) is 11.8. The molecule has 20 heteroatoms. The van der Waals surface area contributed by atoms with E-state index in [1.807, 2.05) is 48.5 Å². The monoisotopic (exact) mass is 1090 g/mol. The van der Waals surface area contributed by atoms with Gasteiger partial charge in [0.15, 0.2) is 30.3 Å². The molecule has 0 saturated carbocycles. The van der Waals surface area contributed by atoms with Gasteiger partial charge in [-0.05, 0) is 65.2 Å². The normalized spacial score (nSPS) is 40.9. The lowest BCUT2D eigenvalue weighted by Crippen LogP contribution is -2.59. The molecule has 0 aliphatic carbocycles. The van der Waals surface area contributed by atoms with Gasteiger partial charge in [0.1, 0.15) is 43.7 Å². The van der Waals surface area contributed by atoms with Gasteiger partial charge in [0.25, 0.3) is 0 Å². The van der Waals surface area contributed by atoms with Crippen LogP contribution in [0.25, 0.3) is 0 Å². The maximum absolute atomic E-state index is 15.5. The first-order valence-electron chi connectivity index (χ1n) is 27.6. The van der Waals surface area contributed by atoms with Crippen LogP contribution in [-0.2, 0) is 76.1 Å². The number of ketones is 1. The summed E-state index contributed by atoms with van der Waals surface area (Å²) < 4.78 is 70.1. The zero-order valence-corrected chi connectivity index (χ0v) is 49.5. The number of aliphatic hydroxyl groups excluding tert-OH is 2. The fraction of sp³-hybridized carbons (Fsp3) is 0.911. The number of carbonyl (C=O) groups is 4. The Bertz CT molecular complexity index is 1900. The zero-order chi connectivity index (χ0) is 57.3. The van der Waals surface area contributed by atoms with Gasteiger partial charge in [-0.2, -0.15) is 0 Å². The third-order valence-electron chi connectivity index (χ3n) is 15.5. The highest BCUT2D eigenvalue weighted by molar-refractivity contribution is 5.91. The Morgan fingerprint density at radius 1 is 0.816 bits per heavy atom. The van der Waals surface area contributed by atoms with Crippen LogP contribution in [0.1, 0.15) is 143 Å². The largest absolute Gasteiger partial charge is 0.461 e. The number of nitrogens with zero attached hydrogens (tertiary/aromatic N) is 2. The molecule has 4 aliphatic heterocycles. The summed E-state index contributed by atoms with van der Waals surface area (Å²) in [6.45, 7) is 32.7. The molecule has 0 aromatic heterocycles. The molecule has 0 amide bonds. The summed E-state index contributed by atoms with van der Waals surface area (Å²) in [4.78, 5) is 65.4. The van der Waals surface area contributed by atoms with Gasteiger partial charge in [-0.15, -0.1) is 0 Å². The van der Waals surface area contributed by atoms with Crippen LogP contribution < -0.4 is 0 Å². The Hall–Kier alpha value is -2.89. The zero-order valence-electron chi connectivity index (χ0n) is 49.5. The Morgan fingerprint density at radius 3 is 2.04 bits per heavy atom. The predicted octanol–water partition coefficient (Wildman–Crippen LogP) is 6.26. The summed E-state index contributed by atoms with van der Waals surface area (Å²) in [7, 11) is 4.30. The number of Topliss-reactive ketones (excluding diaryl/α,β-unsaturated/α-hetero) is 1. The third kappa shape index (κ3) is 17.3. The maximum Gasteiger partial charge on any atom is 0.311 e. The van der Waals surface area contributed by atoms with Gasteiger partial charge in [0, 0.05) is 77.3 Å². The first kappa shape index (κ1) is 65.6. The van der Waals surface area contributed by atoms with Crippen molar-refractivity contribution in [2.45, 2.75) is 241 Å². The number of hydrogen-bond acceptors (Lipinski definition) is 20. The SMILES string of the molecule is CO/N=C1\C[C@@H](C)O[C@@H](O[C@@H]2[C@@H](C)[C@H](O[C@H]3CC(C)N(CC(C)(C)C)C[C@H](C)O3)[C@@H](C)C(=O)O[C@H]([C@@H](C)CO[C@@H]3O[C@H](C)[C@@H](O)[C@@H](OC)[C@H]3OC)[C@H](C)[C@@H](OC(=O)CC(C)C)[C@@H](C)C(=O)[C@@](C)(OC(C)=O)C[C@@H]2C)[C@@H]1O. The van der Waals surface area contributed by atoms with Crippen LogP contribution in [0.2, 0.25) is 0 Å². The number of ether oxygens (including phenoxy) is 11. The number of rotatable bonds is 16. The van der Waals surface area contributed by atoms with Crippen LogP contribution in [0.3, 0.4) is 0 Å². The Morgan fingerprint density at radius 2 is 1.46 bits per heavy atom. The third-order valence-corrected chi connectivity index (χ3v) is 15.5. The van der Waals surface area contributed by atoms with E-state index in [1.54, 1.807) is 34.6 Å². The van der Waals surface area contributed by atoms with Crippen LogP contribution in [-0.4, -0.2) is 183 Å². The van der Waals surface area contributed by atoms with Gasteiger partial charge in [-0.1, -0.05) is 74.4 Å². The molecule has 22 atom stereocenters. The predicted molar refractivity (Wildman–Crippen MR) is 280 cm³/mol. The topological polar surface area (TPSA) is 235 Å². The molecule has 4 fully saturated rings. The second-order valence-electron chi connectivity index (χ2n) is 24.4. The highest BCUT2D eigenvalue weighted by Gasteiger charge is 2.52. The Balaban J connectivity index is 1.96. The summed E-state index contributed by atoms with van der Waals surface area (Å²) in [6, 6.07) is 0.0112. The van der Waals surface area contributed by atoms with Gasteiger partial charge in [-0.25, -0.2) is 0 Å². The fourth-order valence-electron chi connectivity index (χ4n) is 11.8. The first-order valence-corrected chi connectivity index (χ1v) is 27.6. The van der Waals surface area contributed by atoms with Crippen molar-refractivity contribution in [1.29, 1.82) is 0 Å². The average Bonchev–Trinajstić information content (AvgIpc) is 3.44. The standard InChI is InChI=1S/C56H98N2O18/c1-28(2)21-41(60)72-47-35(9)46(30(4)26-68-54-50(66-19)49(65-18)43(61)38(12)71-54)74-52(64)37(11)48(73-42-22-31(5)58(25-33(7)69-42)27-55(14,15)16)34(8)45(75-53-44(62)40(57-67-20)23-32(6)70-53)29(3)24-56(17,76-39(13)59)51(63)36(47)10/h28-38,42-50,53-54,61-62H,21-27H2,1-20H3/b57-40+/t29-,30-,31?,32+,33-,34+,35-,36+,37+,38+,42-,43+,44+,45-,46+,47+,48-,49+,50+,53-,54+,56-/m0/s1. The summed E-state index contributed by atoms with van der Waals surface area (Å²) in [5.74, 6) is -7.81. The minimum absolute atomic E-state index is 0.00602. The highest BCUT2D eigenvalue weighted by atomic mass is 16.7. The maximum atomic E-state index is 15.5. The molecule has 0 aromatic rings. The minimum atomic E-state index is -1.85. The molecule has 4 aliphatic rings. The van der Waals surface area contributed by atoms with E-state index in [-0.39, 0.29) is 49.3 Å². The van der Waals surface area contributed by atoms with Gasteiger partial charge in [0.2, 0.25) is 0 Å². The number of carbonyl (C=O) groups excluding carboxylic acids is 4. The van der Waals surface area contributed by atoms with E-state index in [2.05, 4.69) is 37.8 Å². The van der Waals surface area contributed by atoms with Gasteiger partial charge < -0.3 is 67.2 Å². The summed E-state index contributed by atoms with van der Waals surface area (Å²) in [5.41, 5.74) is -1.55. The molecule has 0 radical (unpaired) electrons. The van der Waals surface area contributed by atoms with Crippen molar-refractivity contribution in [1.82, 2.24) is 4.90 Å². The van der Waals surface area contributed by atoms with Gasteiger partial charge in [-0.3, -0.25) is 24.1 Å². The van der Waals surface area contributed by atoms with Crippen molar-refractivity contribution >= 4 is 29.4 Å². The second kappa shape index (κ2) is 28.5. The van der Waals surface area contributed by atoms with Crippen molar-refractivity contribution in [2.24, 2.45) is 52.0 Å². The molecule has 0 spiro atoms. The quantitative estimate of drug-likeness (QED) is 0.0986. The number of methoxy groups -OCH3 is 2. The number of cyclic esters (lactones) is 1. The second-order valence-corrected chi connectivity index (χ2v) is 24.4. The van der Waals surface area contributed by atoms with E-state index in [0.717, 1.165) is 6.54 Å². The molecule has 1 unspecified atom stereocenters. The van der Waals surface area contributed by atoms with E-state index in [9.17, 15) is 19.8 Å². The van der Waals surface area contributed by atoms with Crippen molar-refractivity contribution in [2.75, 3.05) is 41.0 Å². The summed E-state index contributed by atoms with van der Waals surface area (Å²) >= 11 is 0. The number of aliphatic hydroxyl groups is 2. The summed E-state index contributed by atoms with van der Waals surface area (Å²) in [5, 5.41) is 26.7. The molecule has 0 aromatic carbocycles. The molecule has 4 saturated heterocycles. The van der Waals surface area contributed by atoms with Crippen LogP contribution in [0.4, 0.5) is 0 Å². The molecule has 440 valence electrons. The number of oxime groups is 1. The van der Waals surface area contributed by atoms with Crippen LogP contribution >= 0.6 is 0 Å². The molecular formula is C56H98N2O18. The number of hydrogen-bond donors (Lipinski definition) is 2. The molecule has 20 nitrogen and oxygen atoms in total. The molecule has 0 bridgehead atoms. The smallest absolute Gasteiger partial charge is 0.311 e. The van der Waals surface area contributed by atoms with Crippen molar-refractivity contribution in [3.05, 3.63) is 0 Å². The van der Waals surface area contributed by atoms with Gasteiger partial charge in [0.05, 0.1) is 54.7 Å². The van der Waals surface area contributed by atoms with E-state index in [4.69, 9.17) is 56.9 Å². The van der Waals surface area contributed by atoms with E-state index in [0.29, 0.717) is 18.7 Å². The lowest BCUT2D eigenvalue weighted by atomic mass is 9.74. The number of esters is 3. The van der Waals surface area contributed by atoms with E-state index in [1.165, 1.54) is 28.3 Å². The summed E-state index contributed by atoms with van der Waals surface area (Å²) in [6.07, 6.45) is -12.3. The molecule has 2 N–H and O–H groups in total. The van der Waals surface area contributed by atoms with Crippen molar-refractivity contribution in [3.8, 4) is 0 Å². The Kier molecular flexibility index (Phi) is 24.6. The highest BCUT2D eigenvalue weighted by Crippen LogP contribution is 2.41. The van der Waals surface area contributed by atoms with E-state index < -0.39 is 145 Å². The molecule has 4 heterocycles. The average molecular weight is 1090 g/mol.